The topological polar surface area (TPSA) is 64.6 Å². The van der Waals surface area contributed by atoms with Gasteiger partial charge in [-0.3, -0.25) is 14.7 Å². The predicted molar refractivity (Wildman–Crippen MR) is 116 cm³/mol. The minimum absolute atomic E-state index is 0.0329. The van der Waals surface area contributed by atoms with Crippen LogP contribution in [-0.2, 0) is 17.8 Å². The summed E-state index contributed by atoms with van der Waals surface area (Å²) in [7, 11) is 0. The molecule has 0 unspecified atom stereocenters. The summed E-state index contributed by atoms with van der Waals surface area (Å²) in [6.07, 6.45) is 3.74. The molecular formula is C23H19N3O3S. The summed E-state index contributed by atoms with van der Waals surface area (Å²) in [5.41, 5.74) is 3.86. The van der Waals surface area contributed by atoms with E-state index in [9.17, 15) is 4.79 Å². The summed E-state index contributed by atoms with van der Waals surface area (Å²) in [5.74, 6) is 1.35. The van der Waals surface area contributed by atoms with E-state index in [2.05, 4.69) is 4.98 Å². The Bertz CT molecular complexity index is 1220. The van der Waals surface area contributed by atoms with Crippen LogP contribution in [0.4, 0.5) is 5.13 Å². The average Bonchev–Trinajstić information content (AvgIpc) is 3.40. The molecule has 0 saturated carbocycles. The zero-order valence-corrected chi connectivity index (χ0v) is 17.2. The first-order chi connectivity index (χ1) is 14.7. The van der Waals surface area contributed by atoms with E-state index in [1.807, 2.05) is 55.5 Å². The zero-order chi connectivity index (χ0) is 20.5. The molecule has 5 rings (SSSR count). The highest BCUT2D eigenvalue weighted by molar-refractivity contribution is 7.22. The maximum atomic E-state index is 13.4. The minimum Gasteiger partial charge on any atom is -0.454 e. The number of anilines is 1. The molecule has 7 heteroatoms. The van der Waals surface area contributed by atoms with Gasteiger partial charge in [-0.2, -0.15) is 0 Å². The first-order valence-corrected chi connectivity index (χ1v) is 10.4. The Labute approximate surface area is 177 Å². The van der Waals surface area contributed by atoms with Crippen molar-refractivity contribution in [1.29, 1.82) is 0 Å². The lowest BCUT2D eigenvalue weighted by Crippen LogP contribution is -2.31. The van der Waals surface area contributed by atoms with Gasteiger partial charge in [0.25, 0.3) is 0 Å². The lowest BCUT2D eigenvalue weighted by atomic mass is 10.1. The van der Waals surface area contributed by atoms with Gasteiger partial charge in [-0.05, 0) is 47.9 Å². The van der Waals surface area contributed by atoms with Gasteiger partial charge in [-0.15, -0.1) is 0 Å². The van der Waals surface area contributed by atoms with Crippen LogP contribution in [0.5, 0.6) is 11.5 Å². The Balaban J connectivity index is 1.48. The summed E-state index contributed by atoms with van der Waals surface area (Å²) in [4.78, 5) is 24.1. The van der Waals surface area contributed by atoms with Gasteiger partial charge in [0, 0.05) is 12.4 Å². The third-order valence-corrected chi connectivity index (χ3v) is 6.04. The molecule has 1 aliphatic heterocycles. The molecule has 0 atom stereocenters. The quantitative estimate of drug-likeness (QED) is 0.478. The molecule has 4 aromatic rings. The zero-order valence-electron chi connectivity index (χ0n) is 16.4. The second kappa shape index (κ2) is 7.76. The van der Waals surface area contributed by atoms with Crippen LogP contribution in [-0.4, -0.2) is 22.7 Å². The van der Waals surface area contributed by atoms with E-state index in [0.29, 0.717) is 23.2 Å². The van der Waals surface area contributed by atoms with Crippen LogP contribution in [0.25, 0.3) is 10.2 Å². The molecule has 0 bridgehead atoms. The number of amides is 1. The van der Waals surface area contributed by atoms with E-state index in [-0.39, 0.29) is 19.1 Å². The van der Waals surface area contributed by atoms with Crippen LogP contribution < -0.4 is 14.4 Å². The first kappa shape index (κ1) is 18.6. The SMILES string of the molecule is Cc1cccc2sc(N(Cc3cccnc3)C(=O)Cc3ccc4c(c3)OCO4)nc12. The highest BCUT2D eigenvalue weighted by atomic mass is 32.1. The van der Waals surface area contributed by atoms with E-state index in [1.165, 1.54) is 11.3 Å². The number of aromatic nitrogens is 2. The lowest BCUT2D eigenvalue weighted by Gasteiger charge is -2.20. The fourth-order valence-corrected chi connectivity index (χ4v) is 4.51. The fourth-order valence-electron chi connectivity index (χ4n) is 3.45. The largest absolute Gasteiger partial charge is 0.454 e. The maximum Gasteiger partial charge on any atom is 0.233 e. The van der Waals surface area contributed by atoms with Gasteiger partial charge in [0.15, 0.2) is 16.6 Å². The molecule has 3 heterocycles. The van der Waals surface area contributed by atoms with Gasteiger partial charge in [-0.25, -0.2) is 4.98 Å². The number of para-hydroxylation sites is 1. The Morgan fingerprint density at radius 3 is 2.83 bits per heavy atom. The van der Waals surface area contributed by atoms with Crippen LogP contribution in [0.3, 0.4) is 0 Å². The van der Waals surface area contributed by atoms with Crippen molar-refractivity contribution in [3.63, 3.8) is 0 Å². The van der Waals surface area contributed by atoms with Crippen LogP contribution in [0.1, 0.15) is 16.7 Å². The molecule has 2 aromatic heterocycles. The summed E-state index contributed by atoms with van der Waals surface area (Å²) < 4.78 is 11.9. The molecule has 0 spiro atoms. The van der Waals surface area contributed by atoms with Crippen LogP contribution in [0.2, 0.25) is 0 Å². The molecule has 0 saturated heterocycles. The van der Waals surface area contributed by atoms with Crippen molar-refractivity contribution in [3.05, 3.63) is 77.6 Å². The highest BCUT2D eigenvalue weighted by Crippen LogP contribution is 2.34. The number of benzene rings is 2. The number of hydrogen-bond donors (Lipinski definition) is 0. The summed E-state index contributed by atoms with van der Waals surface area (Å²) in [5, 5.41) is 0.689. The van der Waals surface area contributed by atoms with Crippen LogP contribution in [0, 0.1) is 6.92 Å². The van der Waals surface area contributed by atoms with E-state index < -0.39 is 0 Å². The van der Waals surface area contributed by atoms with Crippen molar-refractivity contribution in [2.24, 2.45) is 0 Å². The number of fused-ring (bicyclic) bond motifs is 2. The van der Waals surface area contributed by atoms with Crippen molar-refractivity contribution in [2.45, 2.75) is 19.9 Å². The number of carbonyl (C=O) groups is 1. The summed E-state index contributed by atoms with van der Waals surface area (Å²) in [6, 6.07) is 15.5. The number of pyridine rings is 1. The molecule has 1 amide bonds. The molecular weight excluding hydrogens is 398 g/mol. The average molecular weight is 417 g/mol. The van der Waals surface area contributed by atoms with Gasteiger partial charge in [0.2, 0.25) is 12.7 Å². The number of thiazole rings is 1. The molecule has 0 N–H and O–H groups in total. The van der Waals surface area contributed by atoms with Crippen LogP contribution in [0.15, 0.2) is 60.9 Å². The number of nitrogens with zero attached hydrogens (tertiary/aromatic N) is 3. The molecule has 0 radical (unpaired) electrons. The molecule has 0 aliphatic carbocycles. The second-order valence-electron chi connectivity index (χ2n) is 7.12. The van der Waals surface area contributed by atoms with Gasteiger partial charge >= 0.3 is 0 Å². The van der Waals surface area contributed by atoms with Crippen LogP contribution >= 0.6 is 11.3 Å². The second-order valence-corrected chi connectivity index (χ2v) is 8.13. The smallest absolute Gasteiger partial charge is 0.233 e. The lowest BCUT2D eigenvalue weighted by molar-refractivity contribution is -0.118. The van der Waals surface area contributed by atoms with E-state index >= 15 is 0 Å². The molecule has 6 nitrogen and oxygen atoms in total. The molecule has 150 valence electrons. The molecule has 30 heavy (non-hydrogen) atoms. The predicted octanol–water partition coefficient (Wildman–Crippen LogP) is 4.50. The fraction of sp³-hybridized carbons (Fsp3) is 0.174. The molecule has 1 aliphatic rings. The van der Waals surface area contributed by atoms with E-state index in [0.717, 1.165) is 26.9 Å². The summed E-state index contributed by atoms with van der Waals surface area (Å²) in [6.45, 7) is 2.66. The molecule has 2 aromatic carbocycles. The summed E-state index contributed by atoms with van der Waals surface area (Å²) >= 11 is 1.53. The third-order valence-electron chi connectivity index (χ3n) is 5.00. The number of carbonyl (C=O) groups excluding carboxylic acids is 1. The Morgan fingerprint density at radius 2 is 2.00 bits per heavy atom. The van der Waals surface area contributed by atoms with Gasteiger partial charge in [0.1, 0.15) is 0 Å². The molecule has 0 fully saturated rings. The minimum atomic E-state index is -0.0329. The third kappa shape index (κ3) is 3.59. The van der Waals surface area contributed by atoms with Crippen molar-refractivity contribution >= 4 is 32.6 Å². The first-order valence-electron chi connectivity index (χ1n) is 9.61. The van der Waals surface area contributed by atoms with Crippen molar-refractivity contribution in [1.82, 2.24) is 9.97 Å². The Hall–Kier alpha value is -3.45. The van der Waals surface area contributed by atoms with E-state index in [1.54, 1.807) is 17.3 Å². The van der Waals surface area contributed by atoms with Gasteiger partial charge < -0.3 is 9.47 Å². The Morgan fingerprint density at radius 1 is 1.10 bits per heavy atom. The number of aryl methyl sites for hydroxylation is 1. The number of ether oxygens (including phenoxy) is 2. The normalized spacial score (nSPS) is 12.3. The highest BCUT2D eigenvalue weighted by Gasteiger charge is 2.22. The van der Waals surface area contributed by atoms with Gasteiger partial charge in [-0.1, -0.05) is 35.6 Å². The number of rotatable bonds is 5. The standard InChI is InChI=1S/C23H19N3O3S/c1-15-4-2-6-20-22(15)25-23(30-20)26(13-17-5-3-9-24-12-17)21(27)11-16-7-8-18-19(10-16)29-14-28-18/h2-10,12H,11,13-14H2,1H3. The van der Waals surface area contributed by atoms with Crippen molar-refractivity contribution in [3.8, 4) is 11.5 Å². The maximum absolute atomic E-state index is 13.4. The Kier molecular flexibility index (Phi) is 4.80. The van der Waals surface area contributed by atoms with Crippen molar-refractivity contribution in [2.75, 3.05) is 11.7 Å². The van der Waals surface area contributed by atoms with E-state index in [4.69, 9.17) is 14.5 Å². The monoisotopic (exact) mass is 417 g/mol. The number of hydrogen-bond acceptors (Lipinski definition) is 6. The van der Waals surface area contributed by atoms with Crippen molar-refractivity contribution < 1.29 is 14.3 Å². The van der Waals surface area contributed by atoms with Gasteiger partial charge in [0.05, 0.1) is 23.2 Å².